The lowest BCUT2D eigenvalue weighted by Crippen LogP contribution is -2.26. The van der Waals surface area contributed by atoms with Crippen molar-refractivity contribution in [1.29, 1.82) is 0 Å². The van der Waals surface area contributed by atoms with Gasteiger partial charge in [-0.15, -0.1) is 0 Å². The summed E-state index contributed by atoms with van der Waals surface area (Å²) in [6.07, 6.45) is 2.69. The zero-order chi connectivity index (χ0) is 11.3. The molecule has 0 aliphatic carbocycles. The molecule has 0 fully saturated rings. The quantitative estimate of drug-likeness (QED) is 0.735. The molecule has 15 heavy (non-hydrogen) atoms. The highest BCUT2D eigenvalue weighted by molar-refractivity contribution is 6.33. The molecule has 0 aromatic carbocycles. The van der Waals surface area contributed by atoms with Crippen molar-refractivity contribution in [2.75, 3.05) is 6.61 Å². The fourth-order valence-corrected chi connectivity index (χ4v) is 0.983. The molecule has 7 heteroatoms. The van der Waals surface area contributed by atoms with Crippen molar-refractivity contribution in [2.45, 2.75) is 0 Å². The lowest BCUT2D eigenvalue weighted by atomic mass is 10.2. The third kappa shape index (κ3) is 3.53. The van der Waals surface area contributed by atoms with E-state index in [1.54, 1.807) is 0 Å². The van der Waals surface area contributed by atoms with Crippen molar-refractivity contribution in [3.8, 4) is 0 Å². The molecule has 80 valence electrons. The van der Waals surface area contributed by atoms with Crippen molar-refractivity contribution in [1.82, 2.24) is 10.5 Å². The van der Waals surface area contributed by atoms with Gasteiger partial charge in [-0.1, -0.05) is 11.6 Å². The molecule has 0 bridgehead atoms. The maximum absolute atomic E-state index is 11.3. The summed E-state index contributed by atoms with van der Waals surface area (Å²) in [6, 6.07) is 1.39. The molecule has 0 spiro atoms. The number of carbonyl (C=O) groups excluding carboxylic acids is 1. The number of carbonyl (C=O) groups is 2. The zero-order valence-corrected chi connectivity index (χ0v) is 8.19. The molecule has 0 atom stereocenters. The number of amides is 1. The van der Waals surface area contributed by atoms with Gasteiger partial charge in [0.1, 0.15) is 0 Å². The lowest BCUT2D eigenvalue weighted by molar-refractivity contribution is -0.144. The number of nitrogens with one attached hydrogen (secondary N) is 1. The van der Waals surface area contributed by atoms with Gasteiger partial charge in [0.2, 0.25) is 0 Å². The van der Waals surface area contributed by atoms with E-state index in [0.29, 0.717) is 0 Å². The summed E-state index contributed by atoms with van der Waals surface area (Å²) >= 11 is 5.67. The van der Waals surface area contributed by atoms with Crippen LogP contribution in [-0.4, -0.2) is 28.6 Å². The molecule has 6 nitrogen and oxygen atoms in total. The Morgan fingerprint density at radius 2 is 2.33 bits per heavy atom. The molecule has 0 aliphatic rings. The van der Waals surface area contributed by atoms with Crippen LogP contribution in [0.2, 0.25) is 5.02 Å². The average Bonchev–Trinajstić information content (AvgIpc) is 2.17. The Labute approximate surface area is 89.8 Å². The Morgan fingerprint density at radius 1 is 1.60 bits per heavy atom. The largest absolute Gasteiger partial charge is 0.479 e. The Hall–Kier alpha value is -1.66. The van der Waals surface area contributed by atoms with Gasteiger partial charge in [0.15, 0.2) is 6.61 Å². The van der Waals surface area contributed by atoms with Crippen LogP contribution < -0.4 is 5.48 Å². The summed E-state index contributed by atoms with van der Waals surface area (Å²) in [7, 11) is 0. The number of hydroxylamine groups is 1. The smallest absolute Gasteiger partial charge is 0.332 e. The van der Waals surface area contributed by atoms with Gasteiger partial charge in [0, 0.05) is 12.4 Å². The predicted molar refractivity (Wildman–Crippen MR) is 50.3 cm³/mol. The molecule has 1 amide bonds. The van der Waals surface area contributed by atoms with E-state index >= 15 is 0 Å². The SMILES string of the molecule is O=C(O)CONC(=O)c1ccncc1Cl. The van der Waals surface area contributed by atoms with E-state index in [9.17, 15) is 9.59 Å². The summed E-state index contributed by atoms with van der Waals surface area (Å²) in [5, 5.41) is 8.40. The number of hydrogen-bond acceptors (Lipinski definition) is 4. The summed E-state index contributed by atoms with van der Waals surface area (Å²) in [5.41, 5.74) is 2.10. The molecule has 1 aromatic heterocycles. The van der Waals surface area contributed by atoms with Crippen LogP contribution in [0.15, 0.2) is 18.5 Å². The molecule has 1 heterocycles. The highest BCUT2D eigenvalue weighted by atomic mass is 35.5. The van der Waals surface area contributed by atoms with Crippen molar-refractivity contribution >= 4 is 23.5 Å². The average molecular weight is 231 g/mol. The van der Waals surface area contributed by atoms with Crippen molar-refractivity contribution in [2.24, 2.45) is 0 Å². The molecule has 0 unspecified atom stereocenters. The summed E-state index contributed by atoms with van der Waals surface area (Å²) in [4.78, 5) is 29.5. The first kappa shape index (κ1) is 11.4. The van der Waals surface area contributed by atoms with Crippen LogP contribution in [0.4, 0.5) is 0 Å². The van der Waals surface area contributed by atoms with Crippen molar-refractivity contribution < 1.29 is 19.5 Å². The first-order chi connectivity index (χ1) is 7.11. The molecule has 0 saturated carbocycles. The zero-order valence-electron chi connectivity index (χ0n) is 7.44. The summed E-state index contributed by atoms with van der Waals surface area (Å²) < 4.78 is 0. The number of halogens is 1. The van der Waals surface area contributed by atoms with Crippen molar-refractivity contribution in [3.05, 3.63) is 29.0 Å². The second kappa shape index (κ2) is 5.28. The van der Waals surface area contributed by atoms with Gasteiger partial charge >= 0.3 is 5.97 Å². The number of rotatable bonds is 4. The van der Waals surface area contributed by atoms with E-state index in [0.717, 1.165) is 0 Å². The number of carboxylic acids is 1. The van der Waals surface area contributed by atoms with Crippen LogP contribution in [0.25, 0.3) is 0 Å². The van der Waals surface area contributed by atoms with Crippen LogP contribution in [0.1, 0.15) is 10.4 Å². The van der Waals surface area contributed by atoms with E-state index < -0.39 is 18.5 Å². The third-order valence-electron chi connectivity index (χ3n) is 1.38. The molecular weight excluding hydrogens is 224 g/mol. The minimum absolute atomic E-state index is 0.161. The molecule has 1 aromatic rings. The van der Waals surface area contributed by atoms with Crippen molar-refractivity contribution in [3.63, 3.8) is 0 Å². The maximum atomic E-state index is 11.3. The molecule has 0 radical (unpaired) electrons. The van der Waals surface area contributed by atoms with Gasteiger partial charge in [0.25, 0.3) is 5.91 Å². The van der Waals surface area contributed by atoms with E-state index in [2.05, 4.69) is 9.82 Å². The molecule has 2 N–H and O–H groups in total. The van der Waals surface area contributed by atoms with Gasteiger partial charge in [-0.25, -0.2) is 10.3 Å². The summed E-state index contributed by atoms with van der Waals surface area (Å²) in [6.45, 7) is -0.617. The molecular formula is C8H7ClN2O4. The van der Waals surface area contributed by atoms with Crippen LogP contribution in [0.5, 0.6) is 0 Å². The number of hydrogen-bond donors (Lipinski definition) is 2. The number of pyridine rings is 1. The predicted octanol–water partition coefficient (Wildman–Crippen LogP) is 0.481. The van der Waals surface area contributed by atoms with E-state index in [4.69, 9.17) is 16.7 Å². The third-order valence-corrected chi connectivity index (χ3v) is 1.68. The van der Waals surface area contributed by atoms with Gasteiger partial charge in [-0.05, 0) is 6.07 Å². The van der Waals surface area contributed by atoms with Gasteiger partial charge < -0.3 is 5.11 Å². The van der Waals surface area contributed by atoms with Crippen LogP contribution in [-0.2, 0) is 9.63 Å². The Balaban J connectivity index is 2.54. The fourth-order valence-electron chi connectivity index (χ4n) is 0.778. The normalized spacial score (nSPS) is 9.67. The fraction of sp³-hybridized carbons (Fsp3) is 0.125. The number of aromatic nitrogens is 1. The van der Waals surface area contributed by atoms with E-state index in [1.165, 1.54) is 18.5 Å². The highest BCUT2D eigenvalue weighted by Gasteiger charge is 2.10. The lowest BCUT2D eigenvalue weighted by Gasteiger charge is -2.04. The number of nitrogens with zero attached hydrogens (tertiary/aromatic N) is 1. The minimum Gasteiger partial charge on any atom is -0.479 e. The van der Waals surface area contributed by atoms with Gasteiger partial charge in [-0.3, -0.25) is 14.6 Å². The highest BCUT2D eigenvalue weighted by Crippen LogP contribution is 2.12. The van der Waals surface area contributed by atoms with E-state index in [1.807, 2.05) is 5.48 Å². The van der Waals surface area contributed by atoms with E-state index in [-0.39, 0.29) is 10.6 Å². The van der Waals surface area contributed by atoms with Crippen LogP contribution in [0, 0.1) is 0 Å². The monoisotopic (exact) mass is 230 g/mol. The second-order valence-electron chi connectivity index (χ2n) is 2.47. The molecule has 1 rings (SSSR count). The van der Waals surface area contributed by atoms with Gasteiger partial charge in [0.05, 0.1) is 10.6 Å². The first-order valence-corrected chi connectivity index (χ1v) is 4.22. The standard InChI is InChI=1S/C8H7ClN2O4/c9-6-3-10-2-1-5(6)8(14)11-15-4-7(12)13/h1-3H,4H2,(H,11,14)(H,12,13). The Morgan fingerprint density at radius 3 is 2.93 bits per heavy atom. The Kier molecular flexibility index (Phi) is 4.02. The number of carboxylic acid groups (broad SMARTS) is 1. The minimum atomic E-state index is -1.18. The topological polar surface area (TPSA) is 88.5 Å². The second-order valence-corrected chi connectivity index (χ2v) is 2.88. The van der Waals surface area contributed by atoms with Crippen LogP contribution in [0.3, 0.4) is 0 Å². The van der Waals surface area contributed by atoms with Crippen LogP contribution >= 0.6 is 11.6 Å². The molecule has 0 saturated heterocycles. The number of aliphatic carboxylic acids is 1. The molecule has 0 aliphatic heterocycles. The maximum Gasteiger partial charge on any atom is 0.332 e. The Bertz CT molecular complexity index is 383. The summed E-state index contributed by atoms with van der Waals surface area (Å²) in [5.74, 6) is -1.81. The van der Waals surface area contributed by atoms with Gasteiger partial charge in [-0.2, -0.15) is 0 Å². The first-order valence-electron chi connectivity index (χ1n) is 3.84.